The second-order valence-electron chi connectivity index (χ2n) is 3.98. The van der Waals surface area contributed by atoms with E-state index >= 15 is 0 Å². The maximum atomic E-state index is 6.11. The Morgan fingerprint density at radius 1 is 1.33 bits per heavy atom. The zero-order valence-electron chi connectivity index (χ0n) is 8.63. The third kappa shape index (κ3) is 1.01. The standard InChI is InChI=1S/C10H21NO/c1-5-10(6-2)8(11)7(3)9(10)12-4/h7-9H,5-6,11H2,1-4H3/t7-,8-,9-/m1/s1. The molecule has 0 heterocycles. The molecule has 0 unspecified atom stereocenters. The van der Waals surface area contributed by atoms with E-state index in [1.54, 1.807) is 7.11 Å². The van der Waals surface area contributed by atoms with E-state index in [1.807, 2.05) is 0 Å². The fourth-order valence-corrected chi connectivity index (χ4v) is 2.88. The summed E-state index contributed by atoms with van der Waals surface area (Å²) in [5.74, 6) is 0.523. The van der Waals surface area contributed by atoms with Gasteiger partial charge < -0.3 is 10.5 Å². The molecule has 0 bridgehead atoms. The zero-order valence-corrected chi connectivity index (χ0v) is 8.63. The second-order valence-corrected chi connectivity index (χ2v) is 3.98. The molecule has 1 aliphatic rings. The lowest BCUT2D eigenvalue weighted by Crippen LogP contribution is -2.67. The summed E-state index contributed by atoms with van der Waals surface area (Å²) >= 11 is 0. The molecule has 0 spiro atoms. The van der Waals surface area contributed by atoms with Crippen molar-refractivity contribution >= 4 is 0 Å². The topological polar surface area (TPSA) is 35.2 Å². The summed E-state index contributed by atoms with van der Waals surface area (Å²) in [5, 5.41) is 0. The van der Waals surface area contributed by atoms with Gasteiger partial charge in [0.15, 0.2) is 0 Å². The average molecular weight is 171 g/mol. The fourth-order valence-electron chi connectivity index (χ4n) is 2.88. The third-order valence-electron chi connectivity index (χ3n) is 3.84. The molecule has 1 saturated carbocycles. The molecule has 1 rings (SSSR count). The molecule has 0 radical (unpaired) electrons. The van der Waals surface area contributed by atoms with Gasteiger partial charge in [-0.05, 0) is 18.8 Å². The summed E-state index contributed by atoms with van der Waals surface area (Å²) in [7, 11) is 1.80. The predicted octanol–water partition coefficient (Wildman–Crippen LogP) is 1.78. The highest BCUT2D eigenvalue weighted by Crippen LogP contribution is 2.50. The van der Waals surface area contributed by atoms with Crippen molar-refractivity contribution in [2.45, 2.75) is 45.8 Å². The van der Waals surface area contributed by atoms with Crippen LogP contribution < -0.4 is 5.73 Å². The molecule has 0 saturated heterocycles. The van der Waals surface area contributed by atoms with Crippen LogP contribution in [-0.4, -0.2) is 19.3 Å². The van der Waals surface area contributed by atoms with E-state index in [0.29, 0.717) is 18.1 Å². The first-order chi connectivity index (χ1) is 5.64. The molecule has 1 aliphatic carbocycles. The van der Waals surface area contributed by atoms with E-state index in [1.165, 1.54) is 0 Å². The third-order valence-corrected chi connectivity index (χ3v) is 3.84. The Hall–Kier alpha value is -0.0800. The molecule has 2 heteroatoms. The van der Waals surface area contributed by atoms with Gasteiger partial charge in [-0.15, -0.1) is 0 Å². The van der Waals surface area contributed by atoms with Crippen molar-refractivity contribution in [1.29, 1.82) is 0 Å². The number of hydrogen-bond acceptors (Lipinski definition) is 2. The first kappa shape index (κ1) is 10.0. The SMILES string of the molecule is CCC1(CC)[C@H](N)[C@@H](C)[C@H]1OC. The Morgan fingerprint density at radius 2 is 1.83 bits per heavy atom. The molecule has 12 heavy (non-hydrogen) atoms. The van der Waals surface area contributed by atoms with Crippen LogP contribution in [0.4, 0.5) is 0 Å². The molecule has 1 fully saturated rings. The van der Waals surface area contributed by atoms with Gasteiger partial charge in [0, 0.05) is 18.6 Å². The molecule has 3 atom stereocenters. The van der Waals surface area contributed by atoms with E-state index in [-0.39, 0.29) is 5.41 Å². The highest BCUT2D eigenvalue weighted by molar-refractivity contribution is 5.09. The van der Waals surface area contributed by atoms with Crippen molar-refractivity contribution in [3.63, 3.8) is 0 Å². The smallest absolute Gasteiger partial charge is 0.0682 e. The van der Waals surface area contributed by atoms with Crippen molar-refractivity contribution in [1.82, 2.24) is 0 Å². The maximum absolute atomic E-state index is 6.11. The van der Waals surface area contributed by atoms with Gasteiger partial charge in [0.25, 0.3) is 0 Å². The van der Waals surface area contributed by atoms with Gasteiger partial charge in [0.05, 0.1) is 6.10 Å². The van der Waals surface area contributed by atoms with Gasteiger partial charge in [0.2, 0.25) is 0 Å². The number of methoxy groups -OCH3 is 1. The lowest BCUT2D eigenvalue weighted by Gasteiger charge is -2.58. The Morgan fingerprint density at radius 3 is 2.08 bits per heavy atom. The summed E-state index contributed by atoms with van der Waals surface area (Å²) in [6, 6.07) is 0.331. The number of ether oxygens (including phenoxy) is 1. The van der Waals surface area contributed by atoms with Gasteiger partial charge in [-0.3, -0.25) is 0 Å². The van der Waals surface area contributed by atoms with E-state index in [4.69, 9.17) is 10.5 Å². The van der Waals surface area contributed by atoms with Crippen molar-refractivity contribution in [2.24, 2.45) is 17.1 Å². The van der Waals surface area contributed by atoms with E-state index in [0.717, 1.165) is 12.8 Å². The first-order valence-corrected chi connectivity index (χ1v) is 4.92. The largest absolute Gasteiger partial charge is 0.380 e. The van der Waals surface area contributed by atoms with Crippen molar-refractivity contribution < 1.29 is 4.74 Å². The number of nitrogens with two attached hydrogens (primary N) is 1. The van der Waals surface area contributed by atoms with Crippen LogP contribution in [0, 0.1) is 11.3 Å². The highest BCUT2D eigenvalue weighted by Gasteiger charge is 2.56. The predicted molar refractivity (Wildman–Crippen MR) is 51.0 cm³/mol. The van der Waals surface area contributed by atoms with Crippen LogP contribution >= 0.6 is 0 Å². The van der Waals surface area contributed by atoms with E-state index in [2.05, 4.69) is 20.8 Å². The Bertz CT molecular complexity index is 154. The molecule has 0 aromatic rings. The quantitative estimate of drug-likeness (QED) is 0.702. The van der Waals surface area contributed by atoms with Gasteiger partial charge in [0.1, 0.15) is 0 Å². The van der Waals surface area contributed by atoms with Crippen LogP contribution in [0.5, 0.6) is 0 Å². The maximum Gasteiger partial charge on any atom is 0.0682 e. The minimum absolute atomic E-state index is 0.258. The van der Waals surface area contributed by atoms with Gasteiger partial charge in [-0.1, -0.05) is 20.8 Å². The van der Waals surface area contributed by atoms with Crippen LogP contribution in [0.3, 0.4) is 0 Å². The van der Waals surface area contributed by atoms with E-state index in [9.17, 15) is 0 Å². The molecular weight excluding hydrogens is 150 g/mol. The molecule has 0 aromatic carbocycles. The van der Waals surface area contributed by atoms with Crippen LogP contribution in [0.1, 0.15) is 33.6 Å². The fraction of sp³-hybridized carbons (Fsp3) is 1.00. The monoisotopic (exact) mass is 171 g/mol. The summed E-state index contributed by atoms with van der Waals surface area (Å²) in [4.78, 5) is 0. The Balaban J connectivity index is 2.74. The van der Waals surface area contributed by atoms with Gasteiger partial charge in [-0.25, -0.2) is 0 Å². The number of rotatable bonds is 3. The molecule has 2 nitrogen and oxygen atoms in total. The molecule has 0 aliphatic heterocycles. The molecule has 0 amide bonds. The van der Waals surface area contributed by atoms with Crippen LogP contribution in [-0.2, 0) is 4.74 Å². The second kappa shape index (κ2) is 3.35. The molecule has 72 valence electrons. The lowest BCUT2D eigenvalue weighted by molar-refractivity contribution is -0.156. The normalized spacial score (nSPS) is 39.2. The summed E-state index contributed by atoms with van der Waals surface area (Å²) < 4.78 is 5.49. The minimum atomic E-state index is 0.258. The van der Waals surface area contributed by atoms with E-state index < -0.39 is 0 Å². The summed E-state index contributed by atoms with van der Waals surface area (Å²) in [6.45, 7) is 6.60. The number of hydrogen-bond donors (Lipinski definition) is 1. The Labute approximate surface area is 75.5 Å². The summed E-state index contributed by atoms with van der Waals surface area (Å²) in [6.07, 6.45) is 2.64. The first-order valence-electron chi connectivity index (χ1n) is 4.92. The molecular formula is C10H21NO. The van der Waals surface area contributed by atoms with Crippen molar-refractivity contribution in [3.05, 3.63) is 0 Å². The highest BCUT2D eigenvalue weighted by atomic mass is 16.5. The van der Waals surface area contributed by atoms with Crippen LogP contribution in [0.2, 0.25) is 0 Å². The molecule has 0 aromatic heterocycles. The van der Waals surface area contributed by atoms with Crippen molar-refractivity contribution in [3.8, 4) is 0 Å². The summed E-state index contributed by atoms with van der Waals surface area (Å²) in [5.41, 5.74) is 6.37. The van der Waals surface area contributed by atoms with Crippen LogP contribution in [0.15, 0.2) is 0 Å². The minimum Gasteiger partial charge on any atom is -0.380 e. The Kier molecular flexibility index (Phi) is 2.79. The van der Waals surface area contributed by atoms with Gasteiger partial charge in [-0.2, -0.15) is 0 Å². The lowest BCUT2D eigenvalue weighted by atomic mass is 9.53. The molecule has 2 N–H and O–H groups in total. The average Bonchev–Trinajstić information content (AvgIpc) is 2.12. The van der Waals surface area contributed by atoms with Crippen LogP contribution in [0.25, 0.3) is 0 Å². The zero-order chi connectivity index (χ0) is 9.35. The van der Waals surface area contributed by atoms with Gasteiger partial charge >= 0.3 is 0 Å². The van der Waals surface area contributed by atoms with Crippen molar-refractivity contribution in [2.75, 3.05) is 7.11 Å².